The SMILES string of the molecule is [B]C(C(=O)Nc1ccccc1F)C(CN(C)C=O)c1ccc(C(F)(F)F)cc1. The minimum atomic E-state index is -4.50. The molecule has 0 aliphatic rings. The highest BCUT2D eigenvalue weighted by Gasteiger charge is 2.31. The van der Waals surface area contributed by atoms with Crippen LogP contribution in [0, 0.1) is 5.82 Å². The van der Waals surface area contributed by atoms with Gasteiger partial charge in [-0.2, -0.15) is 13.2 Å². The van der Waals surface area contributed by atoms with Crippen LogP contribution >= 0.6 is 0 Å². The molecule has 0 fully saturated rings. The van der Waals surface area contributed by atoms with Gasteiger partial charge in [-0.15, -0.1) is 0 Å². The van der Waals surface area contributed by atoms with Gasteiger partial charge in [0.15, 0.2) is 0 Å². The number of hydrogen-bond acceptors (Lipinski definition) is 2. The van der Waals surface area contributed by atoms with Crippen LogP contribution in [0.15, 0.2) is 48.5 Å². The molecule has 2 rings (SSSR count). The lowest BCUT2D eigenvalue weighted by molar-refractivity contribution is -0.137. The van der Waals surface area contributed by atoms with E-state index in [0.717, 1.165) is 18.2 Å². The molecular weight excluding hydrogens is 375 g/mol. The van der Waals surface area contributed by atoms with Gasteiger partial charge in [0.25, 0.3) is 0 Å². The number of nitrogens with zero attached hydrogens (tertiary/aromatic N) is 1. The molecule has 0 aliphatic heterocycles. The number of alkyl halides is 3. The summed E-state index contributed by atoms with van der Waals surface area (Å²) in [5.74, 6) is -3.42. The molecule has 0 saturated carbocycles. The van der Waals surface area contributed by atoms with E-state index in [1.807, 2.05) is 0 Å². The standard InChI is InChI=1S/C19H17BF4N2O2/c1-26(11-27)10-14(12-6-8-13(9-7-12)19(22,23)24)17(20)18(28)25-16-5-3-2-4-15(16)21/h2-9,11,14,17H,10H2,1H3,(H,25,28). The van der Waals surface area contributed by atoms with Crippen LogP contribution in [0.3, 0.4) is 0 Å². The molecule has 28 heavy (non-hydrogen) atoms. The molecule has 2 aromatic carbocycles. The van der Waals surface area contributed by atoms with Crippen molar-refractivity contribution in [2.45, 2.75) is 17.9 Å². The van der Waals surface area contributed by atoms with Crippen molar-refractivity contribution in [1.82, 2.24) is 4.90 Å². The summed E-state index contributed by atoms with van der Waals surface area (Å²) >= 11 is 0. The van der Waals surface area contributed by atoms with Crippen molar-refractivity contribution in [3.8, 4) is 0 Å². The number of nitrogens with one attached hydrogen (secondary N) is 1. The Morgan fingerprint density at radius 3 is 2.32 bits per heavy atom. The van der Waals surface area contributed by atoms with Crippen LogP contribution < -0.4 is 5.32 Å². The number of carbonyl (C=O) groups excluding carboxylic acids is 2. The van der Waals surface area contributed by atoms with Crippen molar-refractivity contribution >= 4 is 25.9 Å². The minimum absolute atomic E-state index is 0.0132. The summed E-state index contributed by atoms with van der Waals surface area (Å²) in [5.41, 5.74) is -0.570. The van der Waals surface area contributed by atoms with Crippen LogP contribution in [-0.2, 0) is 15.8 Å². The van der Waals surface area contributed by atoms with Crippen molar-refractivity contribution in [2.24, 2.45) is 0 Å². The second kappa shape index (κ2) is 8.90. The Morgan fingerprint density at radius 2 is 1.79 bits per heavy atom. The minimum Gasteiger partial charge on any atom is -0.348 e. The number of amides is 2. The number of carbonyl (C=O) groups is 2. The number of anilines is 1. The third-order valence-electron chi connectivity index (χ3n) is 4.20. The molecule has 0 saturated heterocycles. The van der Waals surface area contributed by atoms with Crippen molar-refractivity contribution in [3.63, 3.8) is 0 Å². The van der Waals surface area contributed by atoms with Gasteiger partial charge in [-0.05, 0) is 29.8 Å². The van der Waals surface area contributed by atoms with Gasteiger partial charge in [0.1, 0.15) is 5.82 Å². The first-order valence-electron chi connectivity index (χ1n) is 8.27. The van der Waals surface area contributed by atoms with E-state index < -0.39 is 35.2 Å². The van der Waals surface area contributed by atoms with Crippen molar-refractivity contribution in [3.05, 3.63) is 65.5 Å². The number of halogens is 4. The van der Waals surface area contributed by atoms with E-state index in [1.165, 1.54) is 42.3 Å². The molecule has 0 spiro atoms. The fourth-order valence-corrected chi connectivity index (χ4v) is 2.66. The Bertz CT molecular complexity index is 827. The summed E-state index contributed by atoms with van der Waals surface area (Å²) in [4.78, 5) is 24.7. The van der Waals surface area contributed by atoms with E-state index >= 15 is 0 Å². The van der Waals surface area contributed by atoms with Crippen LogP contribution in [0.25, 0.3) is 0 Å². The lowest BCUT2D eigenvalue weighted by Gasteiger charge is -2.27. The second-order valence-electron chi connectivity index (χ2n) is 6.27. The van der Waals surface area contributed by atoms with Gasteiger partial charge >= 0.3 is 6.18 Å². The first kappa shape index (κ1) is 21.5. The lowest BCUT2D eigenvalue weighted by Crippen LogP contribution is -2.31. The van der Waals surface area contributed by atoms with Gasteiger partial charge in [-0.1, -0.05) is 24.3 Å². The zero-order valence-electron chi connectivity index (χ0n) is 14.9. The Morgan fingerprint density at radius 1 is 1.18 bits per heavy atom. The Labute approximate surface area is 160 Å². The molecule has 0 bridgehead atoms. The van der Waals surface area contributed by atoms with Gasteiger partial charge in [-0.25, -0.2) is 4.39 Å². The van der Waals surface area contributed by atoms with Crippen LogP contribution in [0.4, 0.5) is 23.2 Å². The van der Waals surface area contributed by atoms with Crippen molar-refractivity contribution in [1.29, 1.82) is 0 Å². The van der Waals surface area contributed by atoms with Gasteiger partial charge in [0, 0.05) is 25.3 Å². The Kier molecular flexibility index (Phi) is 6.82. The van der Waals surface area contributed by atoms with E-state index in [2.05, 4.69) is 5.32 Å². The van der Waals surface area contributed by atoms with E-state index in [1.54, 1.807) is 0 Å². The highest BCUT2D eigenvalue weighted by molar-refractivity contribution is 6.26. The number of hydrogen-bond donors (Lipinski definition) is 1. The quantitative estimate of drug-likeness (QED) is 0.445. The van der Waals surface area contributed by atoms with Crippen molar-refractivity contribution in [2.75, 3.05) is 18.9 Å². The fourth-order valence-electron chi connectivity index (χ4n) is 2.66. The molecule has 0 heterocycles. The van der Waals surface area contributed by atoms with Gasteiger partial charge in [0.05, 0.1) is 19.1 Å². The first-order valence-corrected chi connectivity index (χ1v) is 8.27. The van der Waals surface area contributed by atoms with Crippen LogP contribution in [-0.4, -0.2) is 38.7 Å². The highest BCUT2D eigenvalue weighted by atomic mass is 19.4. The fraction of sp³-hybridized carbons (Fsp3) is 0.263. The molecule has 0 aliphatic carbocycles. The normalized spacial score (nSPS) is 13.5. The van der Waals surface area contributed by atoms with E-state index in [0.29, 0.717) is 12.0 Å². The van der Waals surface area contributed by atoms with Crippen LogP contribution in [0.2, 0.25) is 5.82 Å². The maximum atomic E-state index is 13.7. The third kappa shape index (κ3) is 5.34. The maximum Gasteiger partial charge on any atom is 0.416 e. The summed E-state index contributed by atoms with van der Waals surface area (Å²) in [7, 11) is 7.47. The Hall–Kier alpha value is -2.84. The predicted molar refractivity (Wildman–Crippen MR) is 97.4 cm³/mol. The number of likely N-dealkylation sites (N-methyl/N-ethyl adjacent to an activating group) is 1. The smallest absolute Gasteiger partial charge is 0.348 e. The summed E-state index contributed by atoms with van der Waals surface area (Å²) < 4.78 is 52.1. The maximum absolute atomic E-state index is 13.7. The van der Waals surface area contributed by atoms with Crippen LogP contribution in [0.1, 0.15) is 17.0 Å². The molecule has 2 atom stereocenters. The van der Waals surface area contributed by atoms with Gasteiger partial charge in [-0.3, -0.25) is 9.59 Å². The van der Waals surface area contributed by atoms with E-state index in [4.69, 9.17) is 7.85 Å². The monoisotopic (exact) mass is 392 g/mol. The molecule has 2 unspecified atom stereocenters. The first-order chi connectivity index (χ1) is 13.1. The largest absolute Gasteiger partial charge is 0.416 e. The highest BCUT2D eigenvalue weighted by Crippen LogP contribution is 2.33. The molecule has 9 heteroatoms. The summed E-state index contributed by atoms with van der Waals surface area (Å²) in [6.07, 6.45) is -3.99. The molecule has 146 valence electrons. The number of benzene rings is 2. The zero-order valence-corrected chi connectivity index (χ0v) is 14.9. The van der Waals surface area contributed by atoms with Gasteiger partial charge < -0.3 is 10.2 Å². The van der Waals surface area contributed by atoms with Crippen molar-refractivity contribution < 1.29 is 27.2 Å². The summed E-state index contributed by atoms with van der Waals surface area (Å²) in [5, 5.41) is 2.36. The summed E-state index contributed by atoms with van der Waals surface area (Å²) in [6, 6.07) is 9.67. The topological polar surface area (TPSA) is 49.4 Å². The molecule has 2 amide bonds. The molecule has 2 radical (unpaired) electrons. The molecule has 4 nitrogen and oxygen atoms in total. The van der Waals surface area contributed by atoms with Crippen LogP contribution in [0.5, 0.6) is 0 Å². The average molecular weight is 392 g/mol. The summed E-state index contributed by atoms with van der Waals surface area (Å²) in [6.45, 7) is -0.0132. The third-order valence-corrected chi connectivity index (χ3v) is 4.20. The second-order valence-corrected chi connectivity index (χ2v) is 6.27. The van der Waals surface area contributed by atoms with Gasteiger partial charge in [0.2, 0.25) is 12.3 Å². The van der Waals surface area contributed by atoms with E-state index in [9.17, 15) is 27.2 Å². The molecule has 1 N–H and O–H groups in total. The zero-order chi connectivity index (χ0) is 20.9. The predicted octanol–water partition coefficient (Wildman–Crippen LogP) is 3.61. The average Bonchev–Trinajstić information content (AvgIpc) is 2.66. The molecule has 2 aromatic rings. The number of rotatable bonds is 7. The Balaban J connectivity index is 2.27. The molecule has 0 aromatic heterocycles. The lowest BCUT2D eigenvalue weighted by atomic mass is 9.72. The molecular formula is C19H17BF4N2O2. The van der Waals surface area contributed by atoms with E-state index in [-0.39, 0.29) is 12.2 Å². The number of para-hydroxylation sites is 1.